The number of pyridine rings is 1. The van der Waals surface area contributed by atoms with E-state index in [0.29, 0.717) is 0 Å². The van der Waals surface area contributed by atoms with Crippen LogP contribution in [0.4, 0.5) is 5.69 Å². The normalized spacial score (nSPS) is 15.8. The number of nitrogens with zero attached hydrogens (tertiary/aromatic N) is 1. The Morgan fingerprint density at radius 3 is 2.81 bits per heavy atom. The molecule has 0 saturated heterocycles. The van der Waals surface area contributed by atoms with Crippen LogP contribution >= 0.6 is 0 Å². The number of nitrogens with one attached hydrogen (secondary N) is 1. The molecule has 1 aliphatic rings. The summed E-state index contributed by atoms with van der Waals surface area (Å²) in [5.41, 5.74) is 3.44. The molecule has 0 radical (unpaired) electrons. The van der Waals surface area contributed by atoms with E-state index in [0.717, 1.165) is 36.8 Å². The standard InChI is InChI=1S/C13H20N2O/c1-9-8-10(13(2,3)4)15-12-11(9)14-6-5-7-16-12/h8,14H,5-7H2,1-4H3. The number of aryl methyl sites for hydroxylation is 1. The zero-order chi connectivity index (χ0) is 11.8. The van der Waals surface area contributed by atoms with E-state index >= 15 is 0 Å². The van der Waals surface area contributed by atoms with Crippen LogP contribution in [0.25, 0.3) is 0 Å². The maximum Gasteiger partial charge on any atom is 0.237 e. The molecule has 0 saturated carbocycles. The van der Waals surface area contributed by atoms with Crippen LogP contribution in [0.5, 0.6) is 5.88 Å². The van der Waals surface area contributed by atoms with E-state index in [1.165, 1.54) is 5.56 Å². The van der Waals surface area contributed by atoms with Gasteiger partial charge in [-0.05, 0) is 25.0 Å². The molecular formula is C13H20N2O. The van der Waals surface area contributed by atoms with Crippen LogP contribution in [0.2, 0.25) is 0 Å². The van der Waals surface area contributed by atoms with Gasteiger partial charge in [-0.3, -0.25) is 0 Å². The summed E-state index contributed by atoms with van der Waals surface area (Å²) in [6.45, 7) is 10.3. The Balaban J connectivity index is 2.48. The zero-order valence-corrected chi connectivity index (χ0v) is 10.6. The molecule has 1 N–H and O–H groups in total. The Kier molecular flexibility index (Phi) is 2.78. The van der Waals surface area contributed by atoms with Crippen molar-refractivity contribution in [2.45, 2.75) is 39.5 Å². The van der Waals surface area contributed by atoms with Crippen molar-refractivity contribution in [3.63, 3.8) is 0 Å². The lowest BCUT2D eigenvalue weighted by Crippen LogP contribution is -2.15. The van der Waals surface area contributed by atoms with Crippen LogP contribution in [0, 0.1) is 6.92 Å². The molecule has 3 nitrogen and oxygen atoms in total. The van der Waals surface area contributed by atoms with Crippen molar-refractivity contribution < 1.29 is 4.74 Å². The van der Waals surface area contributed by atoms with Crippen molar-refractivity contribution in [3.05, 3.63) is 17.3 Å². The number of ether oxygens (including phenoxy) is 1. The van der Waals surface area contributed by atoms with Crippen LogP contribution in [0.3, 0.4) is 0 Å². The molecule has 2 rings (SSSR count). The number of hydrogen-bond donors (Lipinski definition) is 1. The molecule has 0 aliphatic carbocycles. The van der Waals surface area contributed by atoms with Crippen molar-refractivity contribution >= 4 is 5.69 Å². The molecule has 1 aliphatic heterocycles. The average Bonchev–Trinajstić information content (AvgIpc) is 2.41. The quantitative estimate of drug-likeness (QED) is 0.730. The summed E-state index contributed by atoms with van der Waals surface area (Å²) in [6, 6.07) is 2.15. The van der Waals surface area contributed by atoms with Crippen LogP contribution in [0.15, 0.2) is 6.07 Å². The summed E-state index contributed by atoms with van der Waals surface area (Å²) in [6.07, 6.45) is 1.03. The molecule has 2 heterocycles. The molecule has 88 valence electrons. The minimum absolute atomic E-state index is 0.0649. The Morgan fingerprint density at radius 1 is 1.38 bits per heavy atom. The zero-order valence-electron chi connectivity index (χ0n) is 10.6. The lowest BCUT2D eigenvalue weighted by Gasteiger charge is -2.20. The van der Waals surface area contributed by atoms with Gasteiger partial charge in [0.2, 0.25) is 5.88 Å². The first kappa shape index (κ1) is 11.2. The predicted octanol–water partition coefficient (Wildman–Crippen LogP) is 2.88. The highest BCUT2D eigenvalue weighted by Gasteiger charge is 2.20. The number of fused-ring (bicyclic) bond motifs is 1. The van der Waals surface area contributed by atoms with Gasteiger partial charge < -0.3 is 10.1 Å². The number of aromatic nitrogens is 1. The fourth-order valence-electron chi connectivity index (χ4n) is 1.80. The molecule has 0 unspecified atom stereocenters. The summed E-state index contributed by atoms with van der Waals surface area (Å²) < 4.78 is 5.69. The number of anilines is 1. The van der Waals surface area contributed by atoms with Crippen LogP contribution in [0.1, 0.15) is 38.4 Å². The summed E-state index contributed by atoms with van der Waals surface area (Å²) in [5, 5.41) is 3.38. The molecule has 0 fully saturated rings. The van der Waals surface area contributed by atoms with Gasteiger partial charge in [0.1, 0.15) is 5.69 Å². The van der Waals surface area contributed by atoms with Gasteiger partial charge in [0.25, 0.3) is 0 Å². The second-order valence-electron chi connectivity index (χ2n) is 5.38. The first-order valence-corrected chi connectivity index (χ1v) is 5.87. The maximum absolute atomic E-state index is 5.69. The summed E-state index contributed by atoms with van der Waals surface area (Å²) in [7, 11) is 0. The summed E-state index contributed by atoms with van der Waals surface area (Å²) >= 11 is 0. The molecule has 16 heavy (non-hydrogen) atoms. The van der Waals surface area contributed by atoms with Crippen molar-refractivity contribution in [2.24, 2.45) is 0 Å². The molecule has 1 aromatic rings. The molecule has 0 bridgehead atoms. The minimum atomic E-state index is 0.0649. The van der Waals surface area contributed by atoms with E-state index in [1.54, 1.807) is 0 Å². The lowest BCUT2D eigenvalue weighted by atomic mass is 9.90. The molecule has 0 spiro atoms. The van der Waals surface area contributed by atoms with Gasteiger partial charge >= 0.3 is 0 Å². The third-order valence-corrected chi connectivity index (χ3v) is 2.81. The van der Waals surface area contributed by atoms with Crippen LogP contribution in [-0.4, -0.2) is 18.1 Å². The van der Waals surface area contributed by atoms with Gasteiger partial charge in [-0.25, -0.2) is 4.98 Å². The molecule has 0 atom stereocenters. The number of hydrogen-bond acceptors (Lipinski definition) is 3. The minimum Gasteiger partial charge on any atom is -0.476 e. The second-order valence-corrected chi connectivity index (χ2v) is 5.38. The maximum atomic E-state index is 5.69. The highest BCUT2D eigenvalue weighted by molar-refractivity contribution is 5.60. The third-order valence-electron chi connectivity index (χ3n) is 2.81. The lowest BCUT2D eigenvalue weighted by molar-refractivity contribution is 0.308. The monoisotopic (exact) mass is 220 g/mol. The van der Waals surface area contributed by atoms with Crippen LogP contribution < -0.4 is 10.1 Å². The fourth-order valence-corrected chi connectivity index (χ4v) is 1.80. The van der Waals surface area contributed by atoms with E-state index in [2.05, 4.69) is 44.1 Å². The van der Waals surface area contributed by atoms with Crippen molar-refractivity contribution in [2.75, 3.05) is 18.5 Å². The predicted molar refractivity (Wildman–Crippen MR) is 66.3 cm³/mol. The summed E-state index contributed by atoms with van der Waals surface area (Å²) in [5.74, 6) is 0.766. The van der Waals surface area contributed by atoms with Crippen molar-refractivity contribution in [1.82, 2.24) is 4.98 Å². The molecular weight excluding hydrogens is 200 g/mol. The van der Waals surface area contributed by atoms with Gasteiger partial charge in [0.15, 0.2) is 0 Å². The first-order chi connectivity index (χ1) is 7.48. The SMILES string of the molecule is Cc1cc(C(C)(C)C)nc2c1NCCCO2. The molecule has 1 aromatic heterocycles. The summed E-state index contributed by atoms with van der Waals surface area (Å²) in [4.78, 5) is 4.62. The van der Waals surface area contributed by atoms with Crippen molar-refractivity contribution in [3.8, 4) is 5.88 Å². The largest absolute Gasteiger partial charge is 0.476 e. The Morgan fingerprint density at radius 2 is 2.12 bits per heavy atom. The van der Waals surface area contributed by atoms with E-state index in [4.69, 9.17) is 4.74 Å². The Labute approximate surface area is 97.2 Å². The molecule has 0 aromatic carbocycles. The topological polar surface area (TPSA) is 34.2 Å². The fraction of sp³-hybridized carbons (Fsp3) is 0.615. The Bertz CT molecular complexity index is 394. The van der Waals surface area contributed by atoms with E-state index in [9.17, 15) is 0 Å². The van der Waals surface area contributed by atoms with Gasteiger partial charge in [-0.15, -0.1) is 0 Å². The van der Waals surface area contributed by atoms with Crippen LogP contribution in [-0.2, 0) is 5.41 Å². The van der Waals surface area contributed by atoms with Gasteiger partial charge in [-0.1, -0.05) is 20.8 Å². The number of rotatable bonds is 0. The van der Waals surface area contributed by atoms with E-state index < -0.39 is 0 Å². The van der Waals surface area contributed by atoms with Gasteiger partial charge in [0, 0.05) is 12.0 Å². The average molecular weight is 220 g/mol. The molecule has 0 amide bonds. The van der Waals surface area contributed by atoms with E-state index in [-0.39, 0.29) is 5.41 Å². The second kappa shape index (κ2) is 3.96. The highest BCUT2D eigenvalue weighted by Crippen LogP contribution is 2.32. The Hall–Kier alpha value is -1.25. The first-order valence-electron chi connectivity index (χ1n) is 5.87. The van der Waals surface area contributed by atoms with Crippen molar-refractivity contribution in [1.29, 1.82) is 0 Å². The van der Waals surface area contributed by atoms with E-state index in [1.807, 2.05) is 0 Å². The third kappa shape index (κ3) is 2.13. The highest BCUT2D eigenvalue weighted by atomic mass is 16.5. The van der Waals surface area contributed by atoms with Gasteiger partial charge in [0.05, 0.1) is 12.3 Å². The van der Waals surface area contributed by atoms with Gasteiger partial charge in [-0.2, -0.15) is 0 Å². The smallest absolute Gasteiger partial charge is 0.237 e. The molecule has 3 heteroatoms.